The van der Waals surface area contributed by atoms with Crippen LogP contribution in [0.3, 0.4) is 0 Å². The van der Waals surface area contributed by atoms with Gasteiger partial charge in [0.2, 0.25) is 0 Å². The quantitative estimate of drug-likeness (QED) is 0.751. The molecule has 0 bridgehead atoms. The van der Waals surface area contributed by atoms with E-state index in [0.29, 0.717) is 11.3 Å². The van der Waals surface area contributed by atoms with Crippen LogP contribution in [0.15, 0.2) is 28.7 Å². The monoisotopic (exact) mass is 335 g/mol. The Hall–Kier alpha value is -0.340. The van der Waals surface area contributed by atoms with Gasteiger partial charge in [0.1, 0.15) is 0 Å². The van der Waals surface area contributed by atoms with Crippen LogP contribution in [-0.2, 0) is 0 Å². The summed E-state index contributed by atoms with van der Waals surface area (Å²) in [5.74, 6) is 1.60. The number of hydrogen-bond donors (Lipinski definition) is 1. The Bertz CT molecular complexity index is 458. The molecule has 20 heavy (non-hydrogen) atoms. The van der Waals surface area contributed by atoms with Gasteiger partial charge in [-0.25, -0.2) is 0 Å². The lowest BCUT2D eigenvalue weighted by atomic mass is 9.63. The van der Waals surface area contributed by atoms with Gasteiger partial charge in [0.25, 0.3) is 0 Å². The van der Waals surface area contributed by atoms with Crippen LogP contribution in [0.1, 0.15) is 56.9 Å². The Labute approximate surface area is 131 Å². The van der Waals surface area contributed by atoms with Crippen LogP contribution in [0.25, 0.3) is 0 Å². The molecule has 1 heterocycles. The first-order valence-electron chi connectivity index (χ1n) is 8.16. The molecule has 1 spiro atoms. The molecule has 110 valence electrons. The molecular weight excluding hydrogens is 310 g/mol. The summed E-state index contributed by atoms with van der Waals surface area (Å²) in [6.45, 7) is 4.79. The van der Waals surface area contributed by atoms with Gasteiger partial charge < -0.3 is 5.32 Å². The van der Waals surface area contributed by atoms with Crippen molar-refractivity contribution in [1.82, 2.24) is 5.32 Å². The van der Waals surface area contributed by atoms with Crippen LogP contribution in [0.4, 0.5) is 0 Å². The fourth-order valence-corrected chi connectivity index (χ4v) is 4.94. The van der Waals surface area contributed by atoms with Gasteiger partial charge >= 0.3 is 0 Å². The minimum atomic E-state index is 0.542. The van der Waals surface area contributed by atoms with Crippen molar-refractivity contribution in [2.45, 2.75) is 51.4 Å². The van der Waals surface area contributed by atoms with Gasteiger partial charge in [-0.1, -0.05) is 60.3 Å². The van der Waals surface area contributed by atoms with Crippen molar-refractivity contribution in [3.63, 3.8) is 0 Å². The number of benzene rings is 1. The van der Waals surface area contributed by atoms with Crippen molar-refractivity contribution in [3.8, 4) is 0 Å². The molecule has 0 aromatic heterocycles. The van der Waals surface area contributed by atoms with E-state index in [1.807, 2.05) is 0 Å². The summed E-state index contributed by atoms with van der Waals surface area (Å²) in [6.07, 6.45) is 8.46. The van der Waals surface area contributed by atoms with E-state index in [-0.39, 0.29) is 0 Å². The fraction of sp³-hybridized carbons (Fsp3) is 0.667. The third kappa shape index (κ3) is 2.82. The molecule has 0 amide bonds. The van der Waals surface area contributed by atoms with E-state index in [1.165, 1.54) is 55.1 Å². The second-order valence-electron chi connectivity index (χ2n) is 6.93. The number of halogens is 1. The van der Waals surface area contributed by atoms with Gasteiger partial charge in [-0.05, 0) is 48.8 Å². The number of hydrogen-bond acceptors (Lipinski definition) is 1. The maximum Gasteiger partial charge on any atom is 0.0210 e. The van der Waals surface area contributed by atoms with Crippen LogP contribution in [0, 0.1) is 11.3 Å². The highest BCUT2D eigenvalue weighted by atomic mass is 79.9. The number of rotatable bonds is 1. The fourth-order valence-electron chi connectivity index (χ4n) is 4.38. The molecule has 1 aliphatic carbocycles. The Morgan fingerprint density at radius 2 is 2.00 bits per heavy atom. The first kappa shape index (κ1) is 14.6. The van der Waals surface area contributed by atoms with E-state index >= 15 is 0 Å². The second kappa shape index (κ2) is 6.19. The van der Waals surface area contributed by atoms with Crippen LogP contribution < -0.4 is 5.32 Å². The Morgan fingerprint density at radius 3 is 2.85 bits per heavy atom. The number of nitrogens with one attached hydrogen (secondary N) is 1. The predicted molar refractivity (Wildman–Crippen MR) is 89.1 cm³/mol. The predicted octanol–water partition coefficient (Wildman–Crippen LogP) is 5.11. The third-order valence-corrected chi connectivity index (χ3v) is 6.40. The largest absolute Gasteiger partial charge is 0.316 e. The molecule has 1 aliphatic heterocycles. The van der Waals surface area contributed by atoms with E-state index in [0.717, 1.165) is 12.5 Å². The maximum atomic E-state index is 3.79. The smallest absolute Gasteiger partial charge is 0.0210 e. The van der Waals surface area contributed by atoms with E-state index in [1.54, 1.807) is 0 Å². The van der Waals surface area contributed by atoms with Gasteiger partial charge in [-0.3, -0.25) is 0 Å². The highest BCUT2D eigenvalue weighted by molar-refractivity contribution is 9.10. The summed E-state index contributed by atoms with van der Waals surface area (Å²) in [5.41, 5.74) is 2.06. The second-order valence-corrected chi connectivity index (χ2v) is 7.78. The minimum Gasteiger partial charge on any atom is -0.316 e. The van der Waals surface area contributed by atoms with Gasteiger partial charge in [0.05, 0.1) is 0 Å². The summed E-state index contributed by atoms with van der Waals surface area (Å²) in [4.78, 5) is 0. The molecule has 2 fully saturated rings. The molecule has 2 aliphatic rings. The van der Waals surface area contributed by atoms with E-state index in [4.69, 9.17) is 0 Å². The van der Waals surface area contributed by atoms with Gasteiger partial charge in [-0.2, -0.15) is 0 Å². The van der Waals surface area contributed by atoms with Crippen molar-refractivity contribution in [2.75, 3.05) is 13.1 Å². The number of piperidine rings is 1. The van der Waals surface area contributed by atoms with Crippen LogP contribution in [-0.4, -0.2) is 13.1 Å². The summed E-state index contributed by atoms with van der Waals surface area (Å²) in [6, 6.07) is 8.86. The first-order valence-corrected chi connectivity index (χ1v) is 8.96. The molecule has 2 heteroatoms. The lowest BCUT2D eigenvalue weighted by molar-refractivity contribution is 0.134. The Balaban J connectivity index is 1.92. The molecule has 1 nitrogen and oxygen atoms in total. The van der Waals surface area contributed by atoms with Crippen molar-refractivity contribution in [1.29, 1.82) is 0 Å². The highest BCUT2D eigenvalue weighted by Gasteiger charge is 2.42. The molecule has 1 aromatic rings. The van der Waals surface area contributed by atoms with Crippen LogP contribution in [0.2, 0.25) is 0 Å². The van der Waals surface area contributed by atoms with Gasteiger partial charge in [-0.15, -0.1) is 0 Å². The van der Waals surface area contributed by atoms with Crippen LogP contribution >= 0.6 is 15.9 Å². The van der Waals surface area contributed by atoms with Crippen LogP contribution in [0.5, 0.6) is 0 Å². The SMILES string of the molecule is CC1CCCC2(CCNCC2c2ccccc2Br)CC1. The van der Waals surface area contributed by atoms with Crippen molar-refractivity contribution in [3.05, 3.63) is 34.3 Å². The zero-order chi connectivity index (χ0) is 14.0. The maximum absolute atomic E-state index is 3.79. The zero-order valence-electron chi connectivity index (χ0n) is 12.5. The van der Waals surface area contributed by atoms with Gasteiger partial charge in [0.15, 0.2) is 0 Å². The van der Waals surface area contributed by atoms with Gasteiger partial charge in [0, 0.05) is 16.9 Å². The molecular formula is C18H26BrN. The highest BCUT2D eigenvalue weighted by Crippen LogP contribution is 2.51. The third-order valence-electron chi connectivity index (χ3n) is 5.67. The Kier molecular flexibility index (Phi) is 4.52. The lowest BCUT2D eigenvalue weighted by Crippen LogP contribution is -2.43. The van der Waals surface area contributed by atoms with Crippen molar-refractivity contribution in [2.24, 2.45) is 11.3 Å². The average molecular weight is 336 g/mol. The normalized spacial score (nSPS) is 34.9. The average Bonchev–Trinajstić information content (AvgIpc) is 2.64. The van der Waals surface area contributed by atoms with Crippen molar-refractivity contribution >= 4 is 15.9 Å². The summed E-state index contributed by atoms with van der Waals surface area (Å²) < 4.78 is 1.30. The molecule has 3 rings (SSSR count). The molecule has 1 saturated carbocycles. The summed E-state index contributed by atoms with van der Waals surface area (Å²) in [5, 5.41) is 3.64. The molecule has 1 N–H and O–H groups in total. The summed E-state index contributed by atoms with van der Waals surface area (Å²) in [7, 11) is 0. The molecule has 0 radical (unpaired) electrons. The zero-order valence-corrected chi connectivity index (χ0v) is 14.1. The topological polar surface area (TPSA) is 12.0 Å². The standard InChI is InChI=1S/C18H26BrN/c1-14-5-4-9-18(10-8-14)11-12-20-13-16(18)15-6-2-3-7-17(15)19/h2-3,6-7,14,16,20H,4-5,8-13H2,1H3. The molecule has 3 atom stereocenters. The lowest BCUT2D eigenvalue weighted by Gasteiger charge is -2.45. The van der Waals surface area contributed by atoms with E-state index in [2.05, 4.69) is 52.4 Å². The van der Waals surface area contributed by atoms with E-state index < -0.39 is 0 Å². The molecule has 1 saturated heterocycles. The summed E-state index contributed by atoms with van der Waals surface area (Å²) >= 11 is 3.79. The van der Waals surface area contributed by atoms with E-state index in [9.17, 15) is 0 Å². The molecule has 1 aromatic carbocycles. The first-order chi connectivity index (χ1) is 9.71. The van der Waals surface area contributed by atoms with Crippen molar-refractivity contribution < 1.29 is 0 Å². The Morgan fingerprint density at radius 1 is 1.15 bits per heavy atom. The minimum absolute atomic E-state index is 0.542. The molecule has 3 unspecified atom stereocenters.